The minimum atomic E-state index is -0.357. The zero-order valence-corrected chi connectivity index (χ0v) is 20.1. The van der Waals surface area contributed by atoms with E-state index in [-0.39, 0.29) is 12.1 Å². The number of anilines is 1. The lowest BCUT2D eigenvalue weighted by atomic mass is 9.84. The Morgan fingerprint density at radius 3 is 2.53 bits per heavy atom. The lowest BCUT2D eigenvalue weighted by molar-refractivity contribution is 0.223. The summed E-state index contributed by atoms with van der Waals surface area (Å²) in [6.45, 7) is 0. The van der Waals surface area contributed by atoms with Gasteiger partial charge in [-0.3, -0.25) is 0 Å². The molecule has 0 saturated heterocycles. The minimum absolute atomic E-state index is 0.223. The van der Waals surface area contributed by atoms with Gasteiger partial charge in [-0.05, 0) is 63.5 Å². The average Bonchev–Trinajstić information content (AvgIpc) is 3.35. The van der Waals surface area contributed by atoms with Gasteiger partial charge in [0.15, 0.2) is 0 Å². The van der Waals surface area contributed by atoms with E-state index in [9.17, 15) is 0 Å². The Hall–Kier alpha value is -3.78. The van der Waals surface area contributed by atoms with Crippen LogP contribution >= 0.6 is 15.9 Å². The Morgan fingerprint density at radius 2 is 1.76 bits per heavy atom. The third-order valence-corrected chi connectivity index (χ3v) is 6.85. The van der Waals surface area contributed by atoms with Gasteiger partial charge >= 0.3 is 0 Å². The molecule has 2 atom stereocenters. The summed E-state index contributed by atoms with van der Waals surface area (Å²) in [7, 11) is 3.32. The van der Waals surface area contributed by atoms with Crippen molar-refractivity contribution in [3.8, 4) is 17.2 Å². The Labute approximate surface area is 205 Å². The number of aromatic nitrogens is 3. The fourth-order valence-electron chi connectivity index (χ4n) is 4.64. The van der Waals surface area contributed by atoms with Gasteiger partial charge in [0.2, 0.25) is 5.95 Å². The number of hydrogen-bond acceptors (Lipinski definition) is 6. The molecule has 2 aliphatic rings. The zero-order chi connectivity index (χ0) is 23.2. The van der Waals surface area contributed by atoms with Crippen LogP contribution in [0.5, 0.6) is 17.2 Å². The van der Waals surface area contributed by atoms with Gasteiger partial charge in [-0.15, -0.1) is 0 Å². The number of fused-ring (bicyclic) bond motifs is 3. The summed E-state index contributed by atoms with van der Waals surface area (Å²) < 4.78 is 20.3. The summed E-state index contributed by atoms with van der Waals surface area (Å²) in [4.78, 5) is 4.48. The van der Waals surface area contributed by atoms with E-state index in [2.05, 4.69) is 49.5 Å². The number of nitrogens with zero attached hydrogens (tertiary/aromatic N) is 3. The third kappa shape index (κ3) is 3.25. The molecule has 0 saturated carbocycles. The standard InChI is InChI=1S/C26H21BrN4O3/c1-32-17-10-7-15(8-11-17)24-22-23(30-26-28-14-29-31(24)26)18-5-3-4-6-20(18)34-25(22)16-9-12-21(33-2)19(27)13-16/h3-14,24-25H,1-2H3,(H,28,29,30)/t24-,25-/m0/s1. The normalized spacial score (nSPS) is 18.2. The molecule has 170 valence electrons. The molecule has 1 N–H and O–H groups in total. The smallest absolute Gasteiger partial charge is 0.226 e. The van der Waals surface area contributed by atoms with Crippen molar-refractivity contribution in [3.63, 3.8) is 0 Å². The molecule has 3 aromatic carbocycles. The first-order valence-electron chi connectivity index (χ1n) is 10.8. The second-order valence-corrected chi connectivity index (χ2v) is 8.90. The predicted octanol–water partition coefficient (Wildman–Crippen LogP) is 5.62. The number of rotatable bonds is 4. The first-order valence-corrected chi connectivity index (χ1v) is 11.6. The summed E-state index contributed by atoms with van der Waals surface area (Å²) in [5.41, 5.74) is 5.09. The maximum absolute atomic E-state index is 6.66. The summed E-state index contributed by atoms with van der Waals surface area (Å²) in [5.74, 6) is 3.06. The van der Waals surface area contributed by atoms with Crippen LogP contribution in [0, 0.1) is 0 Å². The van der Waals surface area contributed by atoms with Gasteiger partial charge in [0.05, 0.1) is 24.4 Å². The van der Waals surface area contributed by atoms with Crippen molar-refractivity contribution in [2.45, 2.75) is 12.1 Å². The number of methoxy groups -OCH3 is 2. The van der Waals surface area contributed by atoms with Crippen molar-refractivity contribution >= 4 is 27.6 Å². The Balaban J connectivity index is 1.59. The second-order valence-electron chi connectivity index (χ2n) is 8.05. The Bertz CT molecular complexity index is 1410. The highest BCUT2D eigenvalue weighted by molar-refractivity contribution is 9.10. The van der Waals surface area contributed by atoms with Crippen LogP contribution in [0.4, 0.5) is 5.95 Å². The molecule has 0 spiro atoms. The van der Waals surface area contributed by atoms with Crippen LogP contribution in [0.25, 0.3) is 5.70 Å². The number of ether oxygens (including phenoxy) is 3. The van der Waals surface area contributed by atoms with Crippen molar-refractivity contribution in [2.75, 3.05) is 19.5 Å². The molecule has 0 aliphatic carbocycles. The molecule has 0 bridgehead atoms. The number of nitrogens with one attached hydrogen (secondary N) is 1. The largest absolute Gasteiger partial charge is 0.497 e. The Morgan fingerprint density at radius 1 is 0.971 bits per heavy atom. The molecule has 0 fully saturated rings. The van der Waals surface area contributed by atoms with Gasteiger partial charge in [0.1, 0.15) is 35.7 Å². The van der Waals surface area contributed by atoms with E-state index < -0.39 is 0 Å². The number of para-hydroxylation sites is 1. The fourth-order valence-corrected chi connectivity index (χ4v) is 5.20. The van der Waals surface area contributed by atoms with Crippen LogP contribution in [0.1, 0.15) is 28.8 Å². The predicted molar refractivity (Wildman–Crippen MR) is 132 cm³/mol. The lowest BCUT2D eigenvalue weighted by Gasteiger charge is -2.39. The minimum Gasteiger partial charge on any atom is -0.497 e. The highest BCUT2D eigenvalue weighted by atomic mass is 79.9. The SMILES string of the molecule is COc1ccc([C@H]2C3=C(Nc4ncnn42)c2ccccc2O[C@H]3c2ccc(OC)c(Br)c2)cc1. The van der Waals surface area contributed by atoms with Crippen molar-refractivity contribution in [3.05, 3.63) is 99.8 Å². The molecular formula is C26H21BrN4O3. The first-order chi connectivity index (χ1) is 16.7. The van der Waals surface area contributed by atoms with Crippen molar-refractivity contribution in [2.24, 2.45) is 0 Å². The van der Waals surface area contributed by atoms with Crippen LogP contribution < -0.4 is 19.5 Å². The van der Waals surface area contributed by atoms with Crippen LogP contribution in [-0.4, -0.2) is 29.0 Å². The maximum atomic E-state index is 6.66. The summed E-state index contributed by atoms with van der Waals surface area (Å²) >= 11 is 3.64. The highest BCUT2D eigenvalue weighted by Gasteiger charge is 2.41. The van der Waals surface area contributed by atoms with E-state index in [1.165, 1.54) is 0 Å². The monoisotopic (exact) mass is 516 g/mol. The number of halogens is 1. The molecule has 4 aromatic rings. The number of benzene rings is 3. The summed E-state index contributed by atoms with van der Waals surface area (Å²) in [6.07, 6.45) is 1.22. The van der Waals surface area contributed by atoms with Gasteiger partial charge in [0.25, 0.3) is 0 Å². The molecule has 0 unspecified atom stereocenters. The zero-order valence-electron chi connectivity index (χ0n) is 18.5. The topological polar surface area (TPSA) is 70.4 Å². The maximum Gasteiger partial charge on any atom is 0.226 e. The molecule has 1 aromatic heterocycles. The molecule has 3 heterocycles. The van der Waals surface area contributed by atoms with E-state index in [0.29, 0.717) is 5.95 Å². The van der Waals surface area contributed by atoms with Gasteiger partial charge in [-0.1, -0.05) is 30.3 Å². The first kappa shape index (κ1) is 20.8. The summed E-state index contributed by atoms with van der Waals surface area (Å²) in [6, 6.07) is 21.9. The van der Waals surface area contributed by atoms with E-state index >= 15 is 0 Å². The fraction of sp³-hybridized carbons (Fsp3) is 0.154. The molecule has 0 amide bonds. The van der Waals surface area contributed by atoms with E-state index in [0.717, 1.165) is 49.7 Å². The quantitative estimate of drug-likeness (QED) is 0.379. The van der Waals surface area contributed by atoms with Crippen LogP contribution in [-0.2, 0) is 0 Å². The second kappa shape index (κ2) is 8.22. The molecule has 6 rings (SSSR count). The highest BCUT2D eigenvalue weighted by Crippen LogP contribution is 2.51. The molecule has 0 radical (unpaired) electrons. The van der Waals surface area contributed by atoms with Gasteiger partial charge in [-0.25, -0.2) is 4.68 Å². The molecular weight excluding hydrogens is 496 g/mol. The van der Waals surface area contributed by atoms with Crippen molar-refractivity contribution in [1.29, 1.82) is 0 Å². The van der Waals surface area contributed by atoms with E-state index in [1.807, 2.05) is 53.2 Å². The van der Waals surface area contributed by atoms with Crippen LogP contribution in [0.2, 0.25) is 0 Å². The summed E-state index contributed by atoms with van der Waals surface area (Å²) in [5, 5.41) is 8.09. The van der Waals surface area contributed by atoms with Crippen LogP contribution in [0.15, 0.2) is 83.1 Å². The van der Waals surface area contributed by atoms with Crippen LogP contribution in [0.3, 0.4) is 0 Å². The van der Waals surface area contributed by atoms with Gasteiger partial charge in [0, 0.05) is 11.1 Å². The third-order valence-electron chi connectivity index (χ3n) is 6.23. The van der Waals surface area contributed by atoms with E-state index in [1.54, 1.807) is 20.5 Å². The van der Waals surface area contributed by atoms with E-state index in [4.69, 9.17) is 14.2 Å². The molecule has 34 heavy (non-hydrogen) atoms. The lowest BCUT2D eigenvalue weighted by Crippen LogP contribution is -2.32. The molecule has 7 nitrogen and oxygen atoms in total. The van der Waals surface area contributed by atoms with Crippen molar-refractivity contribution < 1.29 is 14.2 Å². The molecule has 8 heteroatoms. The van der Waals surface area contributed by atoms with Gasteiger partial charge in [-0.2, -0.15) is 10.1 Å². The average molecular weight is 517 g/mol. The van der Waals surface area contributed by atoms with Gasteiger partial charge < -0.3 is 19.5 Å². The van der Waals surface area contributed by atoms with Crippen molar-refractivity contribution in [1.82, 2.24) is 14.8 Å². The molecule has 2 aliphatic heterocycles. The Kier molecular flexibility index (Phi) is 5.03. The number of hydrogen-bond donors (Lipinski definition) is 1.